The zero-order valence-corrected chi connectivity index (χ0v) is 64.5. The first kappa shape index (κ1) is 94.1. The first-order chi connectivity index (χ1) is 46.4. The molecule has 0 aliphatic heterocycles. The molecule has 2 unspecified atom stereocenters. The Bertz CT molecular complexity index is 1860. The van der Waals surface area contributed by atoms with Gasteiger partial charge in [-0.25, -0.2) is 9.13 Å². The van der Waals surface area contributed by atoms with Crippen molar-refractivity contribution < 1.29 is 80.2 Å². The fourth-order valence-electron chi connectivity index (χ4n) is 11.8. The normalized spacial score (nSPS) is 14.0. The molecule has 0 saturated heterocycles. The summed E-state index contributed by atoms with van der Waals surface area (Å²) >= 11 is 0. The van der Waals surface area contributed by atoms with Crippen LogP contribution < -0.4 is 0 Å². The van der Waals surface area contributed by atoms with E-state index in [2.05, 4.69) is 41.5 Å². The third kappa shape index (κ3) is 70.5. The van der Waals surface area contributed by atoms with Gasteiger partial charge in [-0.1, -0.05) is 350 Å². The van der Waals surface area contributed by atoms with E-state index in [4.69, 9.17) is 37.0 Å². The highest BCUT2D eigenvalue weighted by molar-refractivity contribution is 7.47. The van der Waals surface area contributed by atoms with Gasteiger partial charge in [0.1, 0.15) is 19.3 Å². The number of phosphoric acid groups is 2. The lowest BCUT2D eigenvalue weighted by Gasteiger charge is -2.21. The van der Waals surface area contributed by atoms with Crippen LogP contribution in [-0.2, 0) is 65.4 Å². The van der Waals surface area contributed by atoms with E-state index in [9.17, 15) is 43.2 Å². The van der Waals surface area contributed by atoms with Crippen molar-refractivity contribution >= 4 is 39.5 Å². The van der Waals surface area contributed by atoms with Crippen LogP contribution >= 0.6 is 15.6 Å². The van der Waals surface area contributed by atoms with Gasteiger partial charge in [0, 0.05) is 25.7 Å². The van der Waals surface area contributed by atoms with Gasteiger partial charge in [-0.05, 0) is 37.5 Å². The second-order valence-electron chi connectivity index (χ2n) is 28.7. The van der Waals surface area contributed by atoms with E-state index in [1.54, 1.807) is 0 Å². The highest BCUT2D eigenvalue weighted by Crippen LogP contribution is 2.45. The lowest BCUT2D eigenvalue weighted by Crippen LogP contribution is -2.30. The Hall–Kier alpha value is -1.94. The van der Waals surface area contributed by atoms with Crippen LogP contribution in [0.1, 0.15) is 401 Å². The summed E-state index contributed by atoms with van der Waals surface area (Å²) in [5.74, 6) is -0.581. The van der Waals surface area contributed by atoms with Crippen molar-refractivity contribution in [3.05, 3.63) is 0 Å². The van der Waals surface area contributed by atoms with Gasteiger partial charge in [-0.2, -0.15) is 0 Å². The van der Waals surface area contributed by atoms with Gasteiger partial charge < -0.3 is 33.8 Å². The van der Waals surface area contributed by atoms with Gasteiger partial charge in [0.2, 0.25) is 0 Å². The number of carbonyl (C=O) groups excluding carboxylic acids is 4. The first-order valence-electron chi connectivity index (χ1n) is 40.0. The zero-order valence-electron chi connectivity index (χ0n) is 62.7. The number of hydrogen-bond acceptors (Lipinski definition) is 15. The van der Waals surface area contributed by atoms with E-state index in [0.29, 0.717) is 25.7 Å². The molecule has 0 aromatic heterocycles. The highest BCUT2D eigenvalue weighted by Gasteiger charge is 2.30. The molecule has 0 fully saturated rings. The van der Waals surface area contributed by atoms with Crippen molar-refractivity contribution in [2.45, 2.75) is 419 Å². The maximum atomic E-state index is 13.1. The molecule has 96 heavy (non-hydrogen) atoms. The molecule has 0 saturated carbocycles. The number of phosphoric ester groups is 2. The summed E-state index contributed by atoms with van der Waals surface area (Å²) in [5, 5.41) is 10.6. The largest absolute Gasteiger partial charge is 0.472 e. The van der Waals surface area contributed by atoms with E-state index in [-0.39, 0.29) is 25.7 Å². The molecule has 0 aliphatic rings. The van der Waals surface area contributed by atoms with Gasteiger partial charge >= 0.3 is 39.5 Å². The van der Waals surface area contributed by atoms with Crippen molar-refractivity contribution in [3.8, 4) is 0 Å². The summed E-state index contributed by atoms with van der Waals surface area (Å²) in [6, 6.07) is 0. The van der Waals surface area contributed by atoms with Crippen molar-refractivity contribution in [1.29, 1.82) is 0 Å². The molecule has 0 aromatic carbocycles. The molecule has 0 aliphatic carbocycles. The topological polar surface area (TPSA) is 237 Å². The van der Waals surface area contributed by atoms with Crippen LogP contribution in [0.15, 0.2) is 0 Å². The van der Waals surface area contributed by atoms with Gasteiger partial charge in [0.25, 0.3) is 0 Å². The molecule has 0 radical (unpaired) electrons. The molecule has 0 heterocycles. The molecular formula is C77H150O17P2. The predicted octanol–water partition coefficient (Wildman–Crippen LogP) is 22.7. The summed E-state index contributed by atoms with van der Waals surface area (Å²) in [7, 11) is -9.91. The summed E-state index contributed by atoms with van der Waals surface area (Å²) in [6.45, 7) is 9.61. The van der Waals surface area contributed by atoms with Gasteiger partial charge in [0.05, 0.1) is 26.4 Å². The number of aliphatic hydroxyl groups excluding tert-OH is 1. The summed E-state index contributed by atoms with van der Waals surface area (Å²) in [5.41, 5.74) is 0. The number of unbranched alkanes of at least 4 members (excludes halogenated alkanes) is 46. The third-order valence-corrected chi connectivity index (χ3v) is 19.9. The zero-order chi connectivity index (χ0) is 70.7. The molecule has 5 atom stereocenters. The average molecular weight is 1410 g/mol. The average Bonchev–Trinajstić information content (AvgIpc) is 2.03. The fourth-order valence-corrected chi connectivity index (χ4v) is 13.4. The SMILES string of the molecule is CCCCCCCCCCCCCCCCC(=O)OC[C@H](COP(=O)(O)OC[C@@H](O)COP(=O)(O)OC[C@@H](COC(=O)CCCCCCCCCCCC(C)C)OC(=O)CCCCCCCCCCCCCCCC)OC(=O)CCCCCCCCCCCCCCCC(C)C. The number of ether oxygens (including phenoxy) is 4. The molecule has 3 N–H and O–H groups in total. The lowest BCUT2D eigenvalue weighted by molar-refractivity contribution is -0.161. The molecule has 0 amide bonds. The molecule has 0 rings (SSSR count). The summed E-state index contributed by atoms with van der Waals surface area (Å²) in [4.78, 5) is 72.9. The maximum Gasteiger partial charge on any atom is 0.472 e. The minimum absolute atomic E-state index is 0.108. The second kappa shape index (κ2) is 68.8. The van der Waals surface area contributed by atoms with Gasteiger partial charge in [-0.3, -0.25) is 37.3 Å². The quantitative estimate of drug-likeness (QED) is 0.0222. The van der Waals surface area contributed by atoms with Crippen LogP contribution in [0.3, 0.4) is 0 Å². The van der Waals surface area contributed by atoms with Crippen molar-refractivity contribution in [1.82, 2.24) is 0 Å². The third-order valence-electron chi connectivity index (χ3n) is 18.0. The summed E-state index contributed by atoms with van der Waals surface area (Å²) in [6.07, 6.45) is 56.7. The molecule has 0 spiro atoms. The minimum atomic E-state index is -4.96. The fraction of sp³-hybridized carbons (Fsp3) is 0.948. The Labute approximate surface area is 588 Å². The van der Waals surface area contributed by atoms with Gasteiger partial charge in [-0.15, -0.1) is 0 Å². The molecule has 570 valence electrons. The van der Waals surface area contributed by atoms with E-state index >= 15 is 0 Å². The second-order valence-corrected chi connectivity index (χ2v) is 31.6. The molecule has 0 aromatic rings. The van der Waals surface area contributed by atoms with Crippen LogP contribution in [0.2, 0.25) is 0 Å². The smallest absolute Gasteiger partial charge is 0.462 e. The van der Waals surface area contributed by atoms with Crippen molar-refractivity contribution in [3.63, 3.8) is 0 Å². The molecule has 19 heteroatoms. The number of carbonyl (C=O) groups is 4. The Kier molecular flexibility index (Phi) is 67.4. The standard InChI is InChI=1S/C77H150O17P2/c1-7-9-11-13-15-17-19-21-25-29-35-41-47-53-59-74(79)87-65-72(93-77(82)62-56-50-44-37-31-27-23-24-28-33-39-45-51-57-69(3)4)67-91-95(83,84)89-63-71(78)64-90-96(85,86)92-68-73(66-88-75(80)60-54-48-42-38-32-34-40-46-52-58-70(5)6)94-76(81)61-55-49-43-36-30-26-22-20-18-16-14-12-10-8-2/h69-73,78H,7-68H2,1-6H3,(H,83,84)(H,85,86)/t71-,72-,73-/m1/s1. The number of hydrogen-bond donors (Lipinski definition) is 3. The minimum Gasteiger partial charge on any atom is -0.462 e. The number of esters is 4. The monoisotopic (exact) mass is 1410 g/mol. The lowest BCUT2D eigenvalue weighted by atomic mass is 10.0. The van der Waals surface area contributed by atoms with Gasteiger partial charge in [0.15, 0.2) is 12.2 Å². The maximum absolute atomic E-state index is 13.1. The van der Waals surface area contributed by atoms with Crippen LogP contribution in [0.4, 0.5) is 0 Å². The molecule has 0 bridgehead atoms. The van der Waals surface area contributed by atoms with Crippen LogP contribution in [0.25, 0.3) is 0 Å². The first-order valence-corrected chi connectivity index (χ1v) is 43.0. The van der Waals surface area contributed by atoms with E-state index < -0.39 is 97.5 Å². The Morgan fingerprint density at radius 1 is 0.281 bits per heavy atom. The van der Waals surface area contributed by atoms with Crippen molar-refractivity contribution in [2.75, 3.05) is 39.6 Å². The predicted molar refractivity (Wildman–Crippen MR) is 391 cm³/mol. The van der Waals surface area contributed by atoms with Crippen LogP contribution in [0.5, 0.6) is 0 Å². The Morgan fingerprint density at radius 2 is 0.479 bits per heavy atom. The number of rotatable bonds is 76. The molecular weight excluding hydrogens is 1260 g/mol. The highest BCUT2D eigenvalue weighted by atomic mass is 31.2. The van der Waals surface area contributed by atoms with E-state index in [0.717, 1.165) is 102 Å². The van der Waals surface area contributed by atoms with E-state index in [1.807, 2.05) is 0 Å². The Balaban J connectivity index is 5.27. The number of aliphatic hydroxyl groups is 1. The summed E-state index contributed by atoms with van der Waals surface area (Å²) < 4.78 is 68.6. The van der Waals surface area contributed by atoms with E-state index in [1.165, 1.54) is 218 Å². The Morgan fingerprint density at radius 3 is 0.708 bits per heavy atom. The van der Waals surface area contributed by atoms with Crippen LogP contribution in [0, 0.1) is 11.8 Å². The van der Waals surface area contributed by atoms with Crippen molar-refractivity contribution in [2.24, 2.45) is 11.8 Å². The van der Waals surface area contributed by atoms with Crippen LogP contribution in [-0.4, -0.2) is 96.7 Å². The molecule has 17 nitrogen and oxygen atoms in total.